The summed E-state index contributed by atoms with van der Waals surface area (Å²) in [4.78, 5) is 0. The van der Waals surface area contributed by atoms with Gasteiger partial charge in [-0.1, -0.05) is 0 Å². The first-order chi connectivity index (χ1) is 2.00. The van der Waals surface area contributed by atoms with Crippen LogP contribution >= 0.6 is 0 Å². The van der Waals surface area contributed by atoms with Crippen molar-refractivity contribution >= 4 is 10.4 Å². The summed E-state index contributed by atoms with van der Waals surface area (Å²) in [5.74, 6) is 0. The van der Waals surface area contributed by atoms with Crippen LogP contribution in [0, 0.1) is 0 Å². The van der Waals surface area contributed by atoms with Gasteiger partial charge in [0.15, 0.2) is 0 Å². The molecule has 0 amide bonds. The Morgan fingerprint density at radius 1 is 1.00 bits per heavy atom. The maximum Gasteiger partial charge on any atom is 1.00 e. The van der Waals surface area contributed by atoms with Crippen LogP contribution in [0.3, 0.4) is 0 Å². The second-order valence-electron chi connectivity index (χ2n) is 0.448. The largest absolute Gasteiger partial charge is 2.00 e. The molecule has 0 spiro atoms. The zero-order valence-electron chi connectivity index (χ0n) is 4.53. The Bertz CT molecular complexity index is 93.6. The average molecular weight is 128 g/mol. The van der Waals surface area contributed by atoms with E-state index in [4.69, 9.17) is 17.5 Å². The van der Waals surface area contributed by atoms with Crippen LogP contribution in [0.2, 0.25) is 0 Å². The van der Waals surface area contributed by atoms with E-state index in [-0.39, 0.29) is 43.2 Å². The van der Waals surface area contributed by atoms with Crippen LogP contribution < -0.4 is 37.7 Å². The molecule has 0 aromatic carbocycles. The van der Waals surface area contributed by atoms with Crippen molar-refractivity contribution in [3.8, 4) is 0 Å². The summed E-state index contributed by atoms with van der Waals surface area (Å²) < 4.78 is 31.6. The normalized spacial score (nSPS) is 7.25. The Labute approximate surface area is 71.1 Å². The Hall–Kier alpha value is 1.02. The average Bonchev–Trinajstić information content (AvgIpc) is 0.722. The summed E-state index contributed by atoms with van der Waals surface area (Å²) >= 11 is 0. The number of hydrogen-bond donors (Lipinski definition) is 2. The molecule has 0 saturated heterocycles. The van der Waals surface area contributed by atoms with Crippen molar-refractivity contribution in [1.29, 1.82) is 0 Å². The molecular formula is H2Li2O5S. The Kier molecular flexibility index (Phi) is 23.1. The molecule has 0 heterocycles. The minimum atomic E-state index is -4.67. The zero-order chi connectivity index (χ0) is 4.50. The molecule has 0 fully saturated rings. The van der Waals surface area contributed by atoms with Crippen molar-refractivity contribution in [2.24, 2.45) is 0 Å². The first-order valence-corrected chi connectivity index (χ1v) is 2.10. The SMILES string of the molecule is O=S(=O)(O)O.[Li+].[Li+].[O-2]. The fourth-order valence-corrected chi connectivity index (χ4v) is 0. The van der Waals surface area contributed by atoms with Crippen LogP contribution in [0.5, 0.6) is 0 Å². The van der Waals surface area contributed by atoms with Crippen molar-refractivity contribution in [2.75, 3.05) is 0 Å². The smallest absolute Gasteiger partial charge is 1.00 e. The van der Waals surface area contributed by atoms with Crippen molar-refractivity contribution in [3.05, 3.63) is 0 Å². The van der Waals surface area contributed by atoms with E-state index in [2.05, 4.69) is 0 Å². The van der Waals surface area contributed by atoms with Gasteiger partial charge in [0.1, 0.15) is 0 Å². The molecule has 5 nitrogen and oxygen atoms in total. The molecule has 8 heteroatoms. The van der Waals surface area contributed by atoms with Gasteiger partial charge >= 0.3 is 48.1 Å². The Morgan fingerprint density at radius 3 is 1.00 bits per heavy atom. The molecule has 0 unspecified atom stereocenters. The van der Waals surface area contributed by atoms with Gasteiger partial charge in [0.05, 0.1) is 0 Å². The predicted octanol–water partition coefficient (Wildman–Crippen LogP) is -6.76. The van der Waals surface area contributed by atoms with Crippen LogP contribution in [0.15, 0.2) is 0 Å². The van der Waals surface area contributed by atoms with Crippen molar-refractivity contribution < 1.29 is 60.7 Å². The summed E-state index contributed by atoms with van der Waals surface area (Å²) in [6.45, 7) is 0. The van der Waals surface area contributed by atoms with Gasteiger partial charge in [0.25, 0.3) is 0 Å². The van der Waals surface area contributed by atoms with E-state index >= 15 is 0 Å². The molecule has 0 aromatic heterocycles. The summed E-state index contributed by atoms with van der Waals surface area (Å²) in [7, 11) is -4.67. The van der Waals surface area contributed by atoms with Crippen LogP contribution in [-0.4, -0.2) is 17.5 Å². The molecule has 0 saturated carbocycles. The maximum absolute atomic E-state index is 8.74. The van der Waals surface area contributed by atoms with E-state index < -0.39 is 10.4 Å². The molecule has 0 bridgehead atoms. The van der Waals surface area contributed by atoms with Crippen molar-refractivity contribution in [3.63, 3.8) is 0 Å². The number of rotatable bonds is 0. The first kappa shape index (κ1) is 23.0. The van der Waals surface area contributed by atoms with Gasteiger partial charge in [-0.3, -0.25) is 9.11 Å². The van der Waals surface area contributed by atoms with Gasteiger partial charge in [-0.2, -0.15) is 8.42 Å². The van der Waals surface area contributed by atoms with E-state index in [1.807, 2.05) is 0 Å². The Balaban J connectivity index is -0.0000000267. The molecule has 0 aliphatic rings. The third-order valence-electron chi connectivity index (χ3n) is 0. The first-order valence-electron chi connectivity index (χ1n) is 0.698. The molecule has 0 aliphatic heterocycles. The fraction of sp³-hybridized carbons (Fsp3) is 0. The molecule has 0 radical (unpaired) electrons. The molecule has 40 valence electrons. The molecule has 2 N–H and O–H groups in total. The second-order valence-corrected chi connectivity index (χ2v) is 1.34. The van der Waals surface area contributed by atoms with Crippen LogP contribution in [-0.2, 0) is 15.9 Å². The van der Waals surface area contributed by atoms with E-state index in [1.54, 1.807) is 0 Å². The standard InChI is InChI=1S/2Li.H2O4S.O/c;;1-5(2,3)4;/h;;(H2,1,2,3,4);/q2*+1;;-2. The molecule has 8 heavy (non-hydrogen) atoms. The van der Waals surface area contributed by atoms with Gasteiger partial charge in [-0.05, 0) is 0 Å². The van der Waals surface area contributed by atoms with Gasteiger partial charge in [0.2, 0.25) is 0 Å². The minimum Gasteiger partial charge on any atom is -2.00 e. The minimum absolute atomic E-state index is 0. The monoisotopic (exact) mass is 128 g/mol. The Morgan fingerprint density at radius 2 is 1.00 bits per heavy atom. The topological polar surface area (TPSA) is 103 Å². The van der Waals surface area contributed by atoms with Gasteiger partial charge in [-0.15, -0.1) is 0 Å². The summed E-state index contributed by atoms with van der Waals surface area (Å²) in [6.07, 6.45) is 0. The van der Waals surface area contributed by atoms with E-state index in [1.165, 1.54) is 0 Å². The second kappa shape index (κ2) is 8.02. The quantitative estimate of drug-likeness (QED) is 0.250. The molecule has 0 rings (SSSR count). The van der Waals surface area contributed by atoms with Crippen LogP contribution in [0.1, 0.15) is 0 Å². The van der Waals surface area contributed by atoms with Crippen molar-refractivity contribution in [1.82, 2.24) is 0 Å². The number of hydrogen-bond acceptors (Lipinski definition) is 2. The summed E-state index contributed by atoms with van der Waals surface area (Å²) in [5, 5.41) is 0. The van der Waals surface area contributed by atoms with E-state index in [0.29, 0.717) is 0 Å². The van der Waals surface area contributed by atoms with Gasteiger partial charge < -0.3 is 5.48 Å². The molecule has 0 aliphatic carbocycles. The maximum atomic E-state index is 8.74. The fourth-order valence-electron chi connectivity index (χ4n) is 0. The zero-order valence-corrected chi connectivity index (χ0v) is 5.34. The third-order valence-corrected chi connectivity index (χ3v) is 0. The van der Waals surface area contributed by atoms with E-state index in [0.717, 1.165) is 0 Å². The van der Waals surface area contributed by atoms with E-state index in [9.17, 15) is 0 Å². The molecular weight excluding hydrogens is 126 g/mol. The molecule has 0 aromatic rings. The van der Waals surface area contributed by atoms with Gasteiger partial charge in [-0.25, -0.2) is 0 Å². The van der Waals surface area contributed by atoms with Gasteiger partial charge in [0, 0.05) is 0 Å². The molecule has 0 atom stereocenters. The summed E-state index contributed by atoms with van der Waals surface area (Å²) in [5.41, 5.74) is 0. The third kappa shape index (κ3) is 243. The van der Waals surface area contributed by atoms with Crippen molar-refractivity contribution in [2.45, 2.75) is 0 Å². The van der Waals surface area contributed by atoms with Crippen LogP contribution in [0.4, 0.5) is 0 Å². The van der Waals surface area contributed by atoms with Crippen LogP contribution in [0.25, 0.3) is 0 Å². The predicted molar refractivity (Wildman–Crippen MR) is 14.9 cm³/mol. The summed E-state index contributed by atoms with van der Waals surface area (Å²) in [6, 6.07) is 0.